The van der Waals surface area contributed by atoms with Gasteiger partial charge in [0.1, 0.15) is 0 Å². The van der Waals surface area contributed by atoms with Crippen molar-refractivity contribution in [1.82, 2.24) is 4.72 Å². The Bertz CT molecular complexity index is 657. The van der Waals surface area contributed by atoms with Crippen molar-refractivity contribution in [2.24, 2.45) is 0 Å². The van der Waals surface area contributed by atoms with Crippen LogP contribution in [0.5, 0.6) is 0 Å². The quantitative estimate of drug-likeness (QED) is 0.867. The molecule has 5 heteroatoms. The van der Waals surface area contributed by atoms with E-state index in [9.17, 15) is 8.42 Å². The summed E-state index contributed by atoms with van der Waals surface area (Å²) >= 11 is 3.40. The largest absolute Gasteiger partial charge is 0.212 e. The van der Waals surface area contributed by atoms with E-state index in [4.69, 9.17) is 0 Å². The highest BCUT2D eigenvalue weighted by Crippen LogP contribution is 2.15. The van der Waals surface area contributed by atoms with Crippen LogP contribution >= 0.6 is 15.9 Å². The summed E-state index contributed by atoms with van der Waals surface area (Å²) in [6.45, 7) is 0.304. The summed E-state index contributed by atoms with van der Waals surface area (Å²) in [5.41, 5.74) is 1.95. The third-order valence-electron chi connectivity index (χ3n) is 2.94. The molecule has 1 N–H and O–H groups in total. The van der Waals surface area contributed by atoms with Gasteiger partial charge in [-0.25, -0.2) is 13.1 Å². The fourth-order valence-corrected chi connectivity index (χ4v) is 3.25. The molecule has 0 saturated heterocycles. The summed E-state index contributed by atoms with van der Waals surface area (Å²) < 4.78 is 27.5. The fourth-order valence-electron chi connectivity index (χ4n) is 1.80. The zero-order valence-corrected chi connectivity index (χ0v) is 13.3. The topological polar surface area (TPSA) is 46.2 Å². The second-order valence-corrected chi connectivity index (χ2v) is 7.25. The van der Waals surface area contributed by atoms with Gasteiger partial charge in [-0.2, -0.15) is 0 Å². The Kier molecular flexibility index (Phi) is 5.34. The van der Waals surface area contributed by atoms with Gasteiger partial charge in [-0.3, -0.25) is 0 Å². The van der Waals surface area contributed by atoms with Gasteiger partial charge >= 0.3 is 0 Å². The summed E-state index contributed by atoms with van der Waals surface area (Å²) in [4.78, 5) is 0. The van der Waals surface area contributed by atoms with Gasteiger partial charge in [-0.1, -0.05) is 64.5 Å². The Morgan fingerprint density at radius 2 is 1.60 bits per heavy atom. The van der Waals surface area contributed by atoms with Gasteiger partial charge in [0.15, 0.2) is 0 Å². The summed E-state index contributed by atoms with van der Waals surface area (Å²) in [6, 6.07) is 17.2. The average Bonchev–Trinajstić information content (AvgIpc) is 2.46. The van der Waals surface area contributed by atoms with E-state index in [0.29, 0.717) is 13.0 Å². The highest BCUT2D eigenvalue weighted by molar-refractivity contribution is 9.10. The summed E-state index contributed by atoms with van der Waals surface area (Å²) in [5.74, 6) is 0.0987. The number of sulfonamides is 1. The van der Waals surface area contributed by atoms with E-state index < -0.39 is 10.0 Å². The van der Waals surface area contributed by atoms with E-state index in [1.165, 1.54) is 0 Å². The third-order valence-corrected chi connectivity index (χ3v) is 5.04. The molecule has 0 spiro atoms. The van der Waals surface area contributed by atoms with Crippen LogP contribution in [0, 0.1) is 0 Å². The van der Waals surface area contributed by atoms with Gasteiger partial charge in [0.2, 0.25) is 10.0 Å². The van der Waals surface area contributed by atoms with Crippen molar-refractivity contribution in [3.05, 3.63) is 70.2 Å². The second-order valence-electron chi connectivity index (χ2n) is 4.47. The van der Waals surface area contributed by atoms with Crippen molar-refractivity contribution >= 4 is 26.0 Å². The number of halogens is 1. The van der Waals surface area contributed by atoms with E-state index in [-0.39, 0.29) is 5.75 Å². The zero-order chi connectivity index (χ0) is 14.4. The lowest BCUT2D eigenvalue weighted by Crippen LogP contribution is -2.27. The van der Waals surface area contributed by atoms with Gasteiger partial charge in [0.05, 0.1) is 5.75 Å². The second kappa shape index (κ2) is 7.02. The molecule has 0 aliphatic carbocycles. The Balaban J connectivity index is 1.90. The predicted octanol–water partition coefficient (Wildman–Crippen LogP) is 3.11. The van der Waals surface area contributed by atoms with Crippen LogP contribution in [0.1, 0.15) is 11.1 Å². The minimum absolute atomic E-state index is 0.0987. The van der Waals surface area contributed by atoms with Crippen LogP contribution in [0.15, 0.2) is 59.1 Å². The molecule has 2 aromatic carbocycles. The van der Waals surface area contributed by atoms with Gasteiger partial charge in [0.25, 0.3) is 0 Å². The van der Waals surface area contributed by atoms with E-state index in [1.54, 1.807) is 0 Å². The van der Waals surface area contributed by atoms with E-state index >= 15 is 0 Å². The molecule has 0 aromatic heterocycles. The normalized spacial score (nSPS) is 11.4. The minimum Gasteiger partial charge on any atom is -0.212 e. The molecule has 0 amide bonds. The maximum atomic E-state index is 12.0. The number of hydrogen-bond donors (Lipinski definition) is 1. The number of rotatable bonds is 6. The van der Waals surface area contributed by atoms with Crippen LogP contribution in [-0.4, -0.2) is 14.2 Å². The van der Waals surface area contributed by atoms with Gasteiger partial charge < -0.3 is 0 Å². The standard InChI is InChI=1S/C15H16BrNO2S/c16-15-9-5-4-8-14(15)12-17-20(18,19)11-10-13-6-2-1-3-7-13/h1-9,17H,10-12H2. The first-order valence-electron chi connectivity index (χ1n) is 6.31. The van der Waals surface area contributed by atoms with Crippen LogP contribution in [0.3, 0.4) is 0 Å². The summed E-state index contributed by atoms with van der Waals surface area (Å²) in [6.07, 6.45) is 0.520. The summed E-state index contributed by atoms with van der Waals surface area (Å²) in [5, 5.41) is 0. The Hall–Kier alpha value is -1.17. The summed E-state index contributed by atoms with van der Waals surface area (Å²) in [7, 11) is -3.27. The zero-order valence-electron chi connectivity index (χ0n) is 10.9. The molecule has 20 heavy (non-hydrogen) atoms. The molecule has 0 radical (unpaired) electrons. The van der Waals surface area contributed by atoms with Gasteiger partial charge in [-0.05, 0) is 23.6 Å². The lowest BCUT2D eigenvalue weighted by molar-refractivity contribution is 0.580. The Labute approximate surface area is 128 Å². The van der Waals surface area contributed by atoms with Crippen molar-refractivity contribution in [3.8, 4) is 0 Å². The van der Waals surface area contributed by atoms with Crippen molar-refractivity contribution in [2.45, 2.75) is 13.0 Å². The molecular weight excluding hydrogens is 338 g/mol. The molecular formula is C15H16BrNO2S. The number of hydrogen-bond acceptors (Lipinski definition) is 2. The SMILES string of the molecule is O=S(=O)(CCc1ccccc1)NCc1ccccc1Br. The van der Waals surface area contributed by atoms with Crippen LogP contribution in [0.25, 0.3) is 0 Å². The Morgan fingerprint density at radius 1 is 0.950 bits per heavy atom. The van der Waals surface area contributed by atoms with Gasteiger partial charge in [-0.15, -0.1) is 0 Å². The first-order chi connectivity index (χ1) is 9.57. The van der Waals surface area contributed by atoms with Crippen LogP contribution in [-0.2, 0) is 23.0 Å². The maximum absolute atomic E-state index is 12.0. The monoisotopic (exact) mass is 353 g/mol. The van der Waals surface area contributed by atoms with Crippen LogP contribution in [0.2, 0.25) is 0 Å². The fraction of sp³-hybridized carbons (Fsp3) is 0.200. The van der Waals surface area contributed by atoms with Crippen LogP contribution in [0.4, 0.5) is 0 Å². The molecule has 0 aliphatic rings. The van der Waals surface area contributed by atoms with Crippen LogP contribution < -0.4 is 4.72 Å². The average molecular weight is 354 g/mol. The lowest BCUT2D eigenvalue weighted by Gasteiger charge is -2.08. The smallest absolute Gasteiger partial charge is 0.212 e. The third kappa shape index (κ3) is 4.74. The highest BCUT2D eigenvalue weighted by Gasteiger charge is 2.11. The lowest BCUT2D eigenvalue weighted by atomic mass is 10.2. The minimum atomic E-state index is -3.27. The molecule has 3 nitrogen and oxygen atoms in total. The first kappa shape index (κ1) is 15.2. The van der Waals surface area contributed by atoms with Crippen molar-refractivity contribution in [3.63, 3.8) is 0 Å². The van der Waals surface area contributed by atoms with E-state index in [1.807, 2.05) is 54.6 Å². The van der Waals surface area contributed by atoms with Crippen molar-refractivity contribution < 1.29 is 8.42 Å². The maximum Gasteiger partial charge on any atom is 0.212 e. The highest BCUT2D eigenvalue weighted by atomic mass is 79.9. The molecule has 2 rings (SSSR count). The number of nitrogens with one attached hydrogen (secondary N) is 1. The van der Waals surface area contributed by atoms with Crippen molar-refractivity contribution in [1.29, 1.82) is 0 Å². The Morgan fingerprint density at radius 3 is 2.30 bits per heavy atom. The molecule has 106 valence electrons. The first-order valence-corrected chi connectivity index (χ1v) is 8.76. The molecule has 0 unspecified atom stereocenters. The number of aryl methyl sites for hydroxylation is 1. The molecule has 0 bridgehead atoms. The molecule has 0 atom stereocenters. The number of benzene rings is 2. The molecule has 0 fully saturated rings. The van der Waals surface area contributed by atoms with Crippen molar-refractivity contribution in [2.75, 3.05) is 5.75 Å². The molecule has 0 heterocycles. The van der Waals surface area contributed by atoms with E-state index in [0.717, 1.165) is 15.6 Å². The molecule has 2 aromatic rings. The van der Waals surface area contributed by atoms with Gasteiger partial charge in [0, 0.05) is 11.0 Å². The van der Waals surface area contributed by atoms with E-state index in [2.05, 4.69) is 20.7 Å². The molecule has 0 aliphatic heterocycles. The molecule has 0 saturated carbocycles. The predicted molar refractivity (Wildman–Crippen MR) is 84.9 cm³/mol.